The Labute approximate surface area is 126 Å². The van der Waals surface area contributed by atoms with Crippen LogP contribution in [0.4, 0.5) is 0 Å². The number of carbonyl (C=O) groups is 1. The lowest BCUT2D eigenvalue weighted by Crippen LogP contribution is -1.94. The van der Waals surface area contributed by atoms with E-state index in [1.807, 2.05) is 25.1 Å². The highest BCUT2D eigenvalue weighted by atomic mass is 35.5. The van der Waals surface area contributed by atoms with Crippen LogP contribution in [0.5, 0.6) is 0 Å². The minimum atomic E-state index is -0.930. The maximum Gasteiger partial charge on any atom is 0.348 e. The third-order valence-electron chi connectivity index (χ3n) is 2.66. The van der Waals surface area contributed by atoms with E-state index in [-0.39, 0.29) is 0 Å². The lowest BCUT2D eigenvalue weighted by molar-refractivity contribution is 0.0701. The summed E-state index contributed by atoms with van der Waals surface area (Å²) in [4.78, 5) is 15.9. The van der Waals surface area contributed by atoms with Crippen molar-refractivity contribution in [2.75, 3.05) is 0 Å². The fourth-order valence-electron chi connectivity index (χ4n) is 1.71. The van der Waals surface area contributed by atoms with E-state index in [1.165, 1.54) is 11.3 Å². The summed E-state index contributed by atoms with van der Waals surface area (Å²) < 4.78 is 0. The minimum Gasteiger partial charge on any atom is -0.477 e. The van der Waals surface area contributed by atoms with E-state index < -0.39 is 5.97 Å². The molecule has 0 atom stereocenters. The Morgan fingerprint density at radius 3 is 2.65 bits per heavy atom. The van der Waals surface area contributed by atoms with Crippen molar-refractivity contribution in [3.63, 3.8) is 0 Å². The molecule has 104 valence electrons. The third kappa shape index (κ3) is 3.68. The lowest BCUT2D eigenvalue weighted by atomic mass is 10.2. The summed E-state index contributed by atoms with van der Waals surface area (Å²) in [6.45, 7) is 2.05. The quantitative estimate of drug-likeness (QED) is 0.877. The fourth-order valence-corrected chi connectivity index (χ4v) is 2.83. The van der Waals surface area contributed by atoms with Crippen molar-refractivity contribution < 1.29 is 9.90 Å². The number of aromatic carboxylic acids is 1. The Bertz CT molecular complexity index is 632. The predicted molar refractivity (Wildman–Crippen MR) is 83.4 cm³/mol. The molecule has 3 nitrogen and oxygen atoms in total. The number of hydrogen-bond donors (Lipinski definition) is 1. The maximum atomic E-state index is 11.2. The van der Waals surface area contributed by atoms with Gasteiger partial charge in [-0.15, -0.1) is 11.3 Å². The van der Waals surface area contributed by atoms with Crippen molar-refractivity contribution in [2.24, 2.45) is 0 Å². The second-order valence-electron chi connectivity index (χ2n) is 4.26. The van der Waals surface area contributed by atoms with Gasteiger partial charge in [0.2, 0.25) is 0 Å². The second-order valence-corrected chi connectivity index (χ2v) is 5.78. The molecule has 1 aromatic heterocycles. The number of carboxylic acid groups (broad SMARTS) is 1. The lowest BCUT2D eigenvalue weighted by Gasteiger charge is -1.94. The first-order chi connectivity index (χ1) is 9.60. The summed E-state index contributed by atoms with van der Waals surface area (Å²) in [5.74, 6) is -0.930. The highest BCUT2D eigenvalue weighted by Gasteiger charge is 2.14. The molecule has 0 radical (unpaired) electrons. The molecule has 5 heteroatoms. The number of nitrogens with zero attached hydrogens (tertiary/aromatic N) is 1. The first kappa shape index (κ1) is 14.8. The Morgan fingerprint density at radius 2 is 2.05 bits per heavy atom. The third-order valence-corrected chi connectivity index (χ3v) is 4.03. The summed E-state index contributed by atoms with van der Waals surface area (Å²) in [5.41, 5.74) is 1.47. The van der Waals surface area contributed by atoms with Crippen LogP contribution < -0.4 is 0 Å². The van der Waals surface area contributed by atoms with E-state index in [2.05, 4.69) is 4.98 Å². The molecule has 2 rings (SSSR count). The number of rotatable bonds is 5. The van der Waals surface area contributed by atoms with Gasteiger partial charge in [0, 0.05) is 5.02 Å². The molecule has 0 amide bonds. The zero-order valence-corrected chi connectivity index (χ0v) is 12.5. The van der Waals surface area contributed by atoms with Gasteiger partial charge in [-0.25, -0.2) is 9.78 Å². The van der Waals surface area contributed by atoms with Gasteiger partial charge in [0.15, 0.2) is 0 Å². The summed E-state index contributed by atoms with van der Waals surface area (Å²) in [7, 11) is 0. The van der Waals surface area contributed by atoms with Gasteiger partial charge in [-0.1, -0.05) is 36.7 Å². The Kier molecular flexibility index (Phi) is 4.93. The standard InChI is InChI=1S/C15H14ClNO2S/c1-2-3-13-17-12(14(20-13)15(18)19)9-6-10-4-7-11(16)8-5-10/h4-9H,2-3H2,1H3,(H,18,19)/b9-6+. The van der Waals surface area contributed by atoms with Crippen molar-refractivity contribution in [3.8, 4) is 0 Å². The smallest absolute Gasteiger partial charge is 0.348 e. The zero-order valence-electron chi connectivity index (χ0n) is 11.0. The number of halogens is 1. The van der Waals surface area contributed by atoms with Gasteiger partial charge < -0.3 is 5.11 Å². The second kappa shape index (κ2) is 6.68. The van der Waals surface area contributed by atoms with E-state index in [4.69, 9.17) is 11.6 Å². The van der Waals surface area contributed by atoms with E-state index in [9.17, 15) is 9.90 Å². The van der Waals surface area contributed by atoms with Crippen LogP contribution in [0.15, 0.2) is 24.3 Å². The van der Waals surface area contributed by atoms with Crippen molar-refractivity contribution in [1.29, 1.82) is 0 Å². The molecule has 1 aromatic carbocycles. The number of hydrogen-bond acceptors (Lipinski definition) is 3. The van der Waals surface area contributed by atoms with Crippen molar-refractivity contribution in [3.05, 3.63) is 50.4 Å². The molecule has 1 heterocycles. The van der Waals surface area contributed by atoms with Gasteiger partial charge in [0.1, 0.15) is 4.88 Å². The van der Waals surface area contributed by atoms with Gasteiger partial charge in [0.05, 0.1) is 10.7 Å². The Morgan fingerprint density at radius 1 is 1.35 bits per heavy atom. The molecular weight excluding hydrogens is 294 g/mol. The molecule has 0 bridgehead atoms. The summed E-state index contributed by atoms with van der Waals surface area (Å²) in [5, 5.41) is 10.7. The molecule has 0 aliphatic heterocycles. The van der Waals surface area contributed by atoms with Gasteiger partial charge in [-0.3, -0.25) is 0 Å². The molecular formula is C15H14ClNO2S. The summed E-state index contributed by atoms with van der Waals surface area (Å²) in [6.07, 6.45) is 5.34. The van der Waals surface area contributed by atoms with Gasteiger partial charge in [-0.05, 0) is 36.6 Å². The monoisotopic (exact) mass is 307 g/mol. The number of thiazole rings is 1. The van der Waals surface area contributed by atoms with Crippen molar-refractivity contribution in [2.45, 2.75) is 19.8 Å². The molecule has 0 fully saturated rings. The summed E-state index contributed by atoms with van der Waals surface area (Å²) in [6, 6.07) is 7.34. The van der Waals surface area contributed by atoms with Gasteiger partial charge in [-0.2, -0.15) is 0 Å². The molecule has 0 saturated heterocycles. The molecule has 0 spiro atoms. The Hall–Kier alpha value is -1.65. The highest BCUT2D eigenvalue weighted by Crippen LogP contribution is 2.22. The molecule has 0 aliphatic rings. The fraction of sp³-hybridized carbons (Fsp3) is 0.200. The molecule has 0 unspecified atom stereocenters. The molecule has 0 aliphatic carbocycles. The van der Waals surface area contributed by atoms with Crippen molar-refractivity contribution in [1.82, 2.24) is 4.98 Å². The van der Waals surface area contributed by atoms with Gasteiger partial charge in [0.25, 0.3) is 0 Å². The number of aromatic nitrogens is 1. The first-order valence-electron chi connectivity index (χ1n) is 6.26. The van der Waals surface area contributed by atoms with Crippen LogP contribution >= 0.6 is 22.9 Å². The molecule has 1 N–H and O–H groups in total. The van der Waals surface area contributed by atoms with E-state index in [0.29, 0.717) is 15.6 Å². The zero-order chi connectivity index (χ0) is 14.5. The maximum absolute atomic E-state index is 11.2. The highest BCUT2D eigenvalue weighted by molar-refractivity contribution is 7.13. The number of benzene rings is 1. The Balaban J connectivity index is 2.27. The summed E-state index contributed by atoms with van der Waals surface area (Å²) >= 11 is 7.07. The predicted octanol–water partition coefficient (Wildman–Crippen LogP) is 4.62. The largest absolute Gasteiger partial charge is 0.477 e. The molecule has 20 heavy (non-hydrogen) atoms. The van der Waals surface area contributed by atoms with Crippen LogP contribution in [0.2, 0.25) is 5.02 Å². The average molecular weight is 308 g/mol. The molecule has 2 aromatic rings. The molecule has 0 saturated carbocycles. The minimum absolute atomic E-state index is 0.290. The van der Waals surface area contributed by atoms with Crippen LogP contribution in [0.25, 0.3) is 12.2 Å². The van der Waals surface area contributed by atoms with Crippen LogP contribution in [0, 0.1) is 0 Å². The van der Waals surface area contributed by atoms with Crippen LogP contribution in [-0.2, 0) is 6.42 Å². The number of carboxylic acids is 1. The first-order valence-corrected chi connectivity index (χ1v) is 7.46. The van der Waals surface area contributed by atoms with Crippen LogP contribution in [-0.4, -0.2) is 16.1 Å². The topological polar surface area (TPSA) is 50.2 Å². The number of aryl methyl sites for hydroxylation is 1. The van der Waals surface area contributed by atoms with Crippen LogP contribution in [0.1, 0.15) is 39.3 Å². The van der Waals surface area contributed by atoms with Crippen LogP contribution in [0.3, 0.4) is 0 Å². The SMILES string of the molecule is CCCc1nc(/C=C/c2ccc(Cl)cc2)c(C(=O)O)s1. The average Bonchev–Trinajstić information content (AvgIpc) is 2.82. The van der Waals surface area contributed by atoms with E-state index in [1.54, 1.807) is 18.2 Å². The van der Waals surface area contributed by atoms with E-state index >= 15 is 0 Å². The normalized spacial score (nSPS) is 11.1. The van der Waals surface area contributed by atoms with Crippen molar-refractivity contribution >= 4 is 41.1 Å². The van der Waals surface area contributed by atoms with Gasteiger partial charge >= 0.3 is 5.97 Å². The van der Waals surface area contributed by atoms with E-state index in [0.717, 1.165) is 23.4 Å².